The van der Waals surface area contributed by atoms with Crippen LogP contribution in [0.15, 0.2) is 34.7 Å². The van der Waals surface area contributed by atoms with E-state index in [-0.39, 0.29) is 11.8 Å². The van der Waals surface area contributed by atoms with E-state index in [9.17, 15) is 9.59 Å². The molecule has 3 aromatic rings. The smallest absolute Gasteiger partial charge is 0.252 e. The Morgan fingerprint density at radius 2 is 1.70 bits per heavy atom. The lowest BCUT2D eigenvalue weighted by molar-refractivity contribution is -0.118. The van der Waals surface area contributed by atoms with Crippen molar-refractivity contribution in [3.8, 4) is 17.2 Å². The summed E-state index contributed by atoms with van der Waals surface area (Å²) in [5.74, 6) is 0.222. The van der Waals surface area contributed by atoms with Crippen molar-refractivity contribution in [2.75, 3.05) is 32.9 Å². The van der Waals surface area contributed by atoms with E-state index in [1.165, 1.54) is 21.3 Å². The van der Waals surface area contributed by atoms with Crippen LogP contribution in [0.2, 0.25) is 0 Å². The zero-order valence-corrected chi connectivity index (χ0v) is 21.0. The standard InChI is InChI=1S/C23H27N3O5S2/c1-12(2)19(22(28)24-14-7-8-15-18(11-14)33-23(25-15)32-6)26-21(27)13-9-16(29-3)20(31-5)17(10-13)30-4/h7-12,19H,1-6H3,(H,24,28)(H,26,27)/t19-/m0/s1. The van der Waals surface area contributed by atoms with Gasteiger partial charge in [0.2, 0.25) is 11.7 Å². The fourth-order valence-corrected chi connectivity index (χ4v) is 4.79. The first-order chi connectivity index (χ1) is 15.8. The van der Waals surface area contributed by atoms with E-state index in [0.29, 0.717) is 28.5 Å². The van der Waals surface area contributed by atoms with Gasteiger partial charge in [-0.25, -0.2) is 4.98 Å². The van der Waals surface area contributed by atoms with Crippen LogP contribution in [-0.2, 0) is 4.79 Å². The predicted molar refractivity (Wildman–Crippen MR) is 132 cm³/mol. The minimum absolute atomic E-state index is 0.147. The van der Waals surface area contributed by atoms with Gasteiger partial charge in [0.05, 0.1) is 31.5 Å². The van der Waals surface area contributed by atoms with Crippen LogP contribution < -0.4 is 24.8 Å². The molecule has 2 aromatic carbocycles. The Hall–Kier alpha value is -2.98. The van der Waals surface area contributed by atoms with Gasteiger partial charge in [-0.2, -0.15) is 0 Å². The average Bonchev–Trinajstić information content (AvgIpc) is 3.23. The molecular formula is C23H27N3O5S2. The minimum Gasteiger partial charge on any atom is -0.493 e. The third-order valence-corrected chi connectivity index (χ3v) is 6.98. The van der Waals surface area contributed by atoms with Crippen LogP contribution in [0.25, 0.3) is 10.2 Å². The van der Waals surface area contributed by atoms with Gasteiger partial charge < -0.3 is 24.8 Å². The number of carbonyl (C=O) groups excluding carboxylic acids is 2. The number of aromatic nitrogens is 1. The highest BCUT2D eigenvalue weighted by Gasteiger charge is 2.26. The third kappa shape index (κ3) is 5.51. The number of methoxy groups -OCH3 is 3. The number of anilines is 1. The van der Waals surface area contributed by atoms with E-state index >= 15 is 0 Å². The van der Waals surface area contributed by atoms with Gasteiger partial charge in [0.25, 0.3) is 5.91 Å². The number of thiazole rings is 1. The number of rotatable bonds is 9. The summed E-state index contributed by atoms with van der Waals surface area (Å²) < 4.78 is 17.9. The monoisotopic (exact) mass is 489 g/mol. The molecule has 0 aliphatic rings. The zero-order chi connectivity index (χ0) is 24.1. The van der Waals surface area contributed by atoms with Gasteiger partial charge in [0, 0.05) is 11.3 Å². The van der Waals surface area contributed by atoms with Gasteiger partial charge in [0.1, 0.15) is 6.04 Å². The first-order valence-corrected chi connectivity index (χ1v) is 12.2. The van der Waals surface area contributed by atoms with Gasteiger partial charge in [-0.3, -0.25) is 9.59 Å². The highest BCUT2D eigenvalue weighted by molar-refractivity contribution is 8.00. The number of hydrogen-bond acceptors (Lipinski definition) is 8. The minimum atomic E-state index is -0.754. The zero-order valence-electron chi connectivity index (χ0n) is 19.3. The number of amides is 2. The van der Waals surface area contributed by atoms with E-state index in [4.69, 9.17) is 14.2 Å². The van der Waals surface area contributed by atoms with Crippen LogP contribution in [-0.4, -0.2) is 50.4 Å². The second kappa shape index (κ2) is 10.8. The van der Waals surface area contributed by atoms with E-state index in [0.717, 1.165) is 14.6 Å². The topological polar surface area (TPSA) is 98.8 Å². The Kier molecular flexibility index (Phi) is 8.04. The summed E-state index contributed by atoms with van der Waals surface area (Å²) in [5.41, 5.74) is 1.83. The van der Waals surface area contributed by atoms with Gasteiger partial charge >= 0.3 is 0 Å². The highest BCUT2D eigenvalue weighted by atomic mass is 32.2. The van der Waals surface area contributed by atoms with Gasteiger partial charge in [-0.05, 0) is 42.5 Å². The van der Waals surface area contributed by atoms with Gasteiger partial charge in [-0.15, -0.1) is 11.3 Å². The summed E-state index contributed by atoms with van der Waals surface area (Å²) in [4.78, 5) is 30.6. The molecule has 0 spiro atoms. The molecule has 0 saturated carbocycles. The summed E-state index contributed by atoms with van der Waals surface area (Å²) >= 11 is 3.15. The first kappa shape index (κ1) is 24.7. The third-order valence-electron chi connectivity index (χ3n) is 4.97. The number of nitrogens with one attached hydrogen (secondary N) is 2. The molecule has 0 radical (unpaired) electrons. The molecule has 0 saturated heterocycles. The van der Waals surface area contributed by atoms with Gasteiger partial charge in [-0.1, -0.05) is 25.6 Å². The molecule has 1 atom stereocenters. The summed E-state index contributed by atoms with van der Waals surface area (Å²) in [6, 6.07) is 7.92. The molecule has 0 unspecified atom stereocenters. The van der Waals surface area contributed by atoms with Crippen molar-refractivity contribution in [2.45, 2.75) is 24.2 Å². The molecular weight excluding hydrogens is 462 g/mol. The molecule has 2 amide bonds. The van der Waals surface area contributed by atoms with Crippen LogP contribution in [0.1, 0.15) is 24.2 Å². The molecule has 33 heavy (non-hydrogen) atoms. The number of nitrogens with zero attached hydrogens (tertiary/aromatic N) is 1. The first-order valence-electron chi connectivity index (χ1n) is 10.2. The second-order valence-corrected chi connectivity index (χ2v) is 9.55. The molecule has 0 aliphatic heterocycles. The number of thioether (sulfide) groups is 1. The lowest BCUT2D eigenvalue weighted by atomic mass is 10.0. The van der Waals surface area contributed by atoms with E-state index in [1.807, 2.05) is 38.3 Å². The number of benzene rings is 2. The molecule has 0 fully saturated rings. The van der Waals surface area contributed by atoms with Crippen LogP contribution in [0, 0.1) is 5.92 Å². The quantitative estimate of drug-likeness (QED) is 0.429. The van der Waals surface area contributed by atoms with Crippen LogP contribution >= 0.6 is 23.1 Å². The molecule has 8 nitrogen and oxygen atoms in total. The molecule has 0 aliphatic carbocycles. The van der Waals surface area contributed by atoms with Crippen LogP contribution in [0.5, 0.6) is 17.2 Å². The summed E-state index contributed by atoms with van der Waals surface area (Å²) in [6.07, 6.45) is 1.98. The molecule has 0 bridgehead atoms. The van der Waals surface area contributed by atoms with Crippen molar-refractivity contribution in [3.63, 3.8) is 0 Å². The SMILES string of the molecule is COc1cc(C(=O)N[C@H](C(=O)Nc2ccc3nc(SC)sc3c2)C(C)C)cc(OC)c1OC. The van der Waals surface area contributed by atoms with E-state index < -0.39 is 11.9 Å². The number of ether oxygens (including phenoxy) is 3. The van der Waals surface area contributed by atoms with E-state index in [1.54, 1.807) is 35.2 Å². The maximum Gasteiger partial charge on any atom is 0.252 e. The maximum absolute atomic E-state index is 13.1. The van der Waals surface area contributed by atoms with Crippen LogP contribution in [0.4, 0.5) is 5.69 Å². The Labute approximate surface area is 201 Å². The number of fused-ring (bicyclic) bond motifs is 1. The second-order valence-electron chi connectivity index (χ2n) is 7.46. The lowest BCUT2D eigenvalue weighted by Gasteiger charge is -2.22. The molecule has 1 heterocycles. The summed E-state index contributed by atoms with van der Waals surface area (Å²) in [5, 5.41) is 5.74. The molecule has 3 rings (SSSR count). The van der Waals surface area contributed by atoms with Crippen LogP contribution in [0.3, 0.4) is 0 Å². The largest absolute Gasteiger partial charge is 0.493 e. The predicted octanol–water partition coefficient (Wildman–Crippen LogP) is 4.44. The normalized spacial score (nSPS) is 11.8. The van der Waals surface area contributed by atoms with Crippen molar-refractivity contribution in [2.24, 2.45) is 5.92 Å². The summed E-state index contributed by atoms with van der Waals surface area (Å²) in [7, 11) is 4.45. The Morgan fingerprint density at radius 3 is 2.24 bits per heavy atom. The van der Waals surface area contributed by atoms with E-state index in [2.05, 4.69) is 15.6 Å². The average molecular weight is 490 g/mol. The van der Waals surface area contributed by atoms with Crippen molar-refractivity contribution in [3.05, 3.63) is 35.9 Å². The Balaban J connectivity index is 1.80. The number of hydrogen-bond donors (Lipinski definition) is 2. The summed E-state index contributed by atoms with van der Waals surface area (Å²) in [6.45, 7) is 3.74. The van der Waals surface area contributed by atoms with Crippen molar-refractivity contribution in [1.82, 2.24) is 10.3 Å². The Morgan fingerprint density at radius 1 is 1.03 bits per heavy atom. The molecule has 1 aromatic heterocycles. The molecule has 176 valence electrons. The Bertz CT molecular complexity index is 1140. The highest BCUT2D eigenvalue weighted by Crippen LogP contribution is 2.38. The fraction of sp³-hybridized carbons (Fsp3) is 0.348. The van der Waals surface area contributed by atoms with Crippen molar-refractivity contribution in [1.29, 1.82) is 0 Å². The molecule has 10 heteroatoms. The number of carbonyl (C=O) groups is 2. The fourth-order valence-electron chi connectivity index (χ4n) is 3.26. The van der Waals surface area contributed by atoms with Gasteiger partial charge in [0.15, 0.2) is 15.8 Å². The molecule has 2 N–H and O–H groups in total. The van der Waals surface area contributed by atoms with Crippen molar-refractivity contribution < 1.29 is 23.8 Å². The maximum atomic E-state index is 13.1. The lowest BCUT2D eigenvalue weighted by Crippen LogP contribution is -2.47. The van der Waals surface area contributed by atoms with Crippen molar-refractivity contribution >= 4 is 50.8 Å².